The highest BCUT2D eigenvalue weighted by Crippen LogP contribution is 2.18. The molecule has 0 unspecified atom stereocenters. The van der Waals surface area contributed by atoms with Gasteiger partial charge in [0.05, 0.1) is 11.0 Å². The molecule has 0 atom stereocenters. The predicted octanol–water partition coefficient (Wildman–Crippen LogP) is 3.37. The Morgan fingerprint density at radius 1 is 1.35 bits per heavy atom. The fourth-order valence-corrected chi connectivity index (χ4v) is 2.41. The Morgan fingerprint density at radius 3 is 2.85 bits per heavy atom. The third kappa shape index (κ3) is 3.57. The molecule has 1 aromatic carbocycles. The molecule has 0 saturated carbocycles. The molecule has 0 bridgehead atoms. The van der Waals surface area contributed by atoms with Gasteiger partial charge in [-0.2, -0.15) is 0 Å². The second kappa shape index (κ2) is 6.84. The van der Waals surface area contributed by atoms with Crippen molar-refractivity contribution < 1.29 is 4.39 Å². The number of halogens is 1. The molecule has 1 aromatic heterocycles. The minimum absolute atomic E-state index is 0.219. The zero-order chi connectivity index (χ0) is 14.5. The number of aromatic nitrogens is 2. The number of rotatable bonds is 7. The predicted molar refractivity (Wildman–Crippen MR) is 81.4 cm³/mol. The van der Waals surface area contributed by atoms with Gasteiger partial charge in [0.25, 0.3) is 0 Å². The van der Waals surface area contributed by atoms with Gasteiger partial charge in [0.1, 0.15) is 11.6 Å². The molecule has 0 amide bonds. The molecule has 110 valence electrons. The average Bonchev–Trinajstić information content (AvgIpc) is 2.72. The lowest BCUT2D eigenvalue weighted by Gasteiger charge is -2.09. The first-order chi connectivity index (χ1) is 9.61. The zero-order valence-electron chi connectivity index (χ0n) is 12.6. The van der Waals surface area contributed by atoms with Crippen molar-refractivity contribution in [3.8, 4) is 0 Å². The summed E-state index contributed by atoms with van der Waals surface area (Å²) in [7, 11) is 0. The van der Waals surface area contributed by atoms with E-state index in [4.69, 9.17) is 0 Å². The van der Waals surface area contributed by atoms with Gasteiger partial charge < -0.3 is 9.88 Å². The van der Waals surface area contributed by atoms with E-state index >= 15 is 0 Å². The molecule has 0 spiro atoms. The van der Waals surface area contributed by atoms with Crippen LogP contribution in [-0.4, -0.2) is 22.6 Å². The topological polar surface area (TPSA) is 29.9 Å². The highest BCUT2D eigenvalue weighted by molar-refractivity contribution is 5.76. The second-order valence-corrected chi connectivity index (χ2v) is 5.66. The van der Waals surface area contributed by atoms with Crippen molar-refractivity contribution in [2.45, 2.75) is 40.2 Å². The normalized spacial score (nSPS) is 11.7. The number of nitrogens with zero attached hydrogens (tertiary/aromatic N) is 2. The molecule has 20 heavy (non-hydrogen) atoms. The van der Waals surface area contributed by atoms with Crippen molar-refractivity contribution in [2.24, 2.45) is 5.92 Å². The molecular formula is C16H24FN3. The molecule has 2 rings (SSSR count). The van der Waals surface area contributed by atoms with E-state index in [1.54, 1.807) is 0 Å². The highest BCUT2D eigenvalue weighted by Gasteiger charge is 2.10. The van der Waals surface area contributed by atoms with E-state index in [-0.39, 0.29) is 5.82 Å². The van der Waals surface area contributed by atoms with Crippen LogP contribution in [0.1, 0.15) is 33.0 Å². The monoisotopic (exact) mass is 277 g/mol. The van der Waals surface area contributed by atoms with E-state index in [1.807, 2.05) is 6.07 Å². The Hall–Kier alpha value is -1.42. The molecule has 0 aliphatic carbocycles. The number of benzene rings is 1. The van der Waals surface area contributed by atoms with Gasteiger partial charge in [-0.05, 0) is 31.0 Å². The van der Waals surface area contributed by atoms with Crippen LogP contribution < -0.4 is 5.32 Å². The number of imidazole rings is 1. The summed E-state index contributed by atoms with van der Waals surface area (Å²) in [6.07, 6.45) is 1.93. The largest absolute Gasteiger partial charge is 0.328 e. The molecule has 4 heteroatoms. The first-order valence-corrected chi connectivity index (χ1v) is 7.47. The van der Waals surface area contributed by atoms with Gasteiger partial charge in [0, 0.05) is 25.6 Å². The summed E-state index contributed by atoms with van der Waals surface area (Å²) in [6.45, 7) is 9.40. The van der Waals surface area contributed by atoms with Crippen LogP contribution in [0.15, 0.2) is 18.2 Å². The van der Waals surface area contributed by atoms with Gasteiger partial charge in [-0.1, -0.05) is 20.8 Å². The SMILES string of the molecule is CCCn1c(CCNCC(C)C)nc2cc(F)ccc21. The van der Waals surface area contributed by atoms with Gasteiger partial charge in [0.15, 0.2) is 0 Å². The van der Waals surface area contributed by atoms with Crippen molar-refractivity contribution in [3.05, 3.63) is 29.8 Å². The molecule has 0 aliphatic rings. The minimum Gasteiger partial charge on any atom is -0.328 e. The Kier molecular flexibility index (Phi) is 5.12. The number of hydrogen-bond acceptors (Lipinski definition) is 2. The molecule has 0 fully saturated rings. The summed E-state index contributed by atoms with van der Waals surface area (Å²) in [5.74, 6) is 1.48. The maximum absolute atomic E-state index is 13.3. The van der Waals surface area contributed by atoms with Crippen LogP contribution in [-0.2, 0) is 13.0 Å². The first kappa shape index (κ1) is 15.0. The van der Waals surface area contributed by atoms with Gasteiger partial charge in [-0.25, -0.2) is 9.37 Å². The average molecular weight is 277 g/mol. The number of hydrogen-bond donors (Lipinski definition) is 1. The molecule has 0 radical (unpaired) electrons. The fourth-order valence-electron chi connectivity index (χ4n) is 2.41. The third-order valence-corrected chi connectivity index (χ3v) is 3.31. The zero-order valence-corrected chi connectivity index (χ0v) is 12.6. The Labute approximate surface area is 120 Å². The number of nitrogens with one attached hydrogen (secondary N) is 1. The Morgan fingerprint density at radius 2 is 2.15 bits per heavy atom. The highest BCUT2D eigenvalue weighted by atomic mass is 19.1. The van der Waals surface area contributed by atoms with Crippen molar-refractivity contribution in [2.75, 3.05) is 13.1 Å². The summed E-state index contributed by atoms with van der Waals surface area (Å²) in [5, 5.41) is 3.43. The molecule has 0 saturated heterocycles. The molecule has 2 aromatic rings. The fraction of sp³-hybridized carbons (Fsp3) is 0.562. The lowest BCUT2D eigenvalue weighted by atomic mass is 10.2. The smallest absolute Gasteiger partial charge is 0.125 e. The molecule has 1 heterocycles. The maximum atomic E-state index is 13.3. The quantitative estimate of drug-likeness (QED) is 0.786. The summed E-state index contributed by atoms with van der Waals surface area (Å²) in [4.78, 5) is 4.59. The van der Waals surface area contributed by atoms with E-state index in [2.05, 4.69) is 35.6 Å². The van der Waals surface area contributed by atoms with Crippen LogP contribution in [0.2, 0.25) is 0 Å². The number of aryl methyl sites for hydroxylation is 1. The van der Waals surface area contributed by atoms with Gasteiger partial charge in [0.2, 0.25) is 0 Å². The Balaban J connectivity index is 2.16. The summed E-state index contributed by atoms with van der Waals surface area (Å²) < 4.78 is 15.5. The molecular weight excluding hydrogens is 253 g/mol. The van der Waals surface area contributed by atoms with Crippen LogP contribution in [0.3, 0.4) is 0 Å². The number of fused-ring (bicyclic) bond motifs is 1. The molecule has 3 nitrogen and oxygen atoms in total. The van der Waals surface area contributed by atoms with Gasteiger partial charge >= 0.3 is 0 Å². The molecule has 1 N–H and O–H groups in total. The Bertz CT molecular complexity index is 560. The van der Waals surface area contributed by atoms with Crippen LogP contribution in [0.4, 0.5) is 4.39 Å². The summed E-state index contributed by atoms with van der Waals surface area (Å²) >= 11 is 0. The van der Waals surface area contributed by atoms with E-state index in [0.29, 0.717) is 5.92 Å². The van der Waals surface area contributed by atoms with Gasteiger partial charge in [-0.15, -0.1) is 0 Å². The third-order valence-electron chi connectivity index (χ3n) is 3.31. The van der Waals surface area contributed by atoms with E-state index in [0.717, 1.165) is 49.3 Å². The van der Waals surface area contributed by atoms with Crippen molar-refractivity contribution >= 4 is 11.0 Å². The van der Waals surface area contributed by atoms with Crippen LogP contribution in [0, 0.1) is 11.7 Å². The van der Waals surface area contributed by atoms with E-state index < -0.39 is 0 Å². The standard InChI is InChI=1S/C16H24FN3/c1-4-9-20-15-6-5-13(17)10-14(15)19-16(20)7-8-18-11-12(2)3/h5-6,10,12,18H,4,7-9,11H2,1-3H3. The summed E-state index contributed by atoms with van der Waals surface area (Å²) in [5.41, 5.74) is 1.80. The van der Waals surface area contributed by atoms with Crippen LogP contribution >= 0.6 is 0 Å². The summed E-state index contributed by atoms with van der Waals surface area (Å²) in [6, 6.07) is 4.86. The van der Waals surface area contributed by atoms with Crippen molar-refractivity contribution in [1.82, 2.24) is 14.9 Å². The van der Waals surface area contributed by atoms with Crippen LogP contribution in [0.5, 0.6) is 0 Å². The maximum Gasteiger partial charge on any atom is 0.125 e. The van der Waals surface area contributed by atoms with E-state index in [1.165, 1.54) is 12.1 Å². The lowest BCUT2D eigenvalue weighted by Crippen LogP contribution is -2.23. The van der Waals surface area contributed by atoms with Crippen molar-refractivity contribution in [3.63, 3.8) is 0 Å². The second-order valence-electron chi connectivity index (χ2n) is 5.66. The lowest BCUT2D eigenvalue weighted by molar-refractivity contribution is 0.543. The minimum atomic E-state index is -0.219. The molecule has 0 aliphatic heterocycles. The van der Waals surface area contributed by atoms with Crippen LogP contribution in [0.25, 0.3) is 11.0 Å². The van der Waals surface area contributed by atoms with E-state index in [9.17, 15) is 4.39 Å². The van der Waals surface area contributed by atoms with Crippen molar-refractivity contribution in [1.29, 1.82) is 0 Å². The first-order valence-electron chi connectivity index (χ1n) is 7.47. The van der Waals surface area contributed by atoms with Gasteiger partial charge in [-0.3, -0.25) is 0 Å².